The average Bonchev–Trinajstić information content (AvgIpc) is 2.77. The summed E-state index contributed by atoms with van der Waals surface area (Å²) in [5, 5.41) is 12.3. The molecular weight excluding hydrogens is 194 g/mol. The van der Waals surface area contributed by atoms with Gasteiger partial charge in [0, 0.05) is 11.8 Å². The average molecular weight is 213 g/mol. The highest BCUT2D eigenvalue weighted by Crippen LogP contribution is 2.33. The van der Waals surface area contributed by atoms with E-state index in [1.165, 1.54) is 0 Å². The van der Waals surface area contributed by atoms with Crippen LogP contribution in [0.25, 0.3) is 0 Å². The van der Waals surface area contributed by atoms with E-state index in [1.54, 1.807) is 0 Å². The summed E-state index contributed by atoms with van der Waals surface area (Å²) in [4.78, 5) is 0. The Hall–Kier alpha value is -0.610. The fourth-order valence-corrected chi connectivity index (χ4v) is 2.54. The van der Waals surface area contributed by atoms with Gasteiger partial charge in [0.2, 0.25) is 0 Å². The zero-order valence-corrected chi connectivity index (χ0v) is 9.19. The van der Waals surface area contributed by atoms with E-state index in [0.717, 1.165) is 44.6 Å². The molecule has 0 spiro atoms. The summed E-state index contributed by atoms with van der Waals surface area (Å²) in [5.74, 6) is 0.622. The lowest BCUT2D eigenvalue weighted by Crippen LogP contribution is -2.36. The number of nitrogens with zero attached hydrogens (tertiary/aromatic N) is 1. The maximum absolute atomic E-state index is 8.89. The summed E-state index contributed by atoms with van der Waals surface area (Å²) in [6.45, 7) is 3.69. The normalized spacial score (nSPS) is 33.4. The van der Waals surface area contributed by atoms with Crippen molar-refractivity contribution in [2.45, 2.75) is 38.9 Å². The van der Waals surface area contributed by atoms with Gasteiger partial charge in [-0.2, -0.15) is 0 Å². The van der Waals surface area contributed by atoms with Gasteiger partial charge in [-0.25, -0.2) is 0 Å². The zero-order valence-electron chi connectivity index (χ0n) is 9.19. The Kier molecular flexibility index (Phi) is 3.59. The number of hydrogen-bond acceptors (Lipinski definition) is 4. The largest absolute Gasteiger partial charge is 0.411 e. The molecular formula is C11H19NO3. The maximum atomic E-state index is 8.89. The first-order chi connectivity index (χ1) is 7.33. The van der Waals surface area contributed by atoms with Gasteiger partial charge >= 0.3 is 0 Å². The van der Waals surface area contributed by atoms with Crippen molar-refractivity contribution < 1.29 is 14.7 Å². The molecule has 15 heavy (non-hydrogen) atoms. The van der Waals surface area contributed by atoms with Crippen LogP contribution in [0.2, 0.25) is 0 Å². The highest BCUT2D eigenvalue weighted by atomic mass is 16.7. The first-order valence-electron chi connectivity index (χ1n) is 5.77. The number of rotatable bonds is 2. The van der Waals surface area contributed by atoms with E-state index >= 15 is 0 Å². The minimum atomic E-state index is -0.112. The van der Waals surface area contributed by atoms with Crippen molar-refractivity contribution in [1.82, 2.24) is 0 Å². The summed E-state index contributed by atoms with van der Waals surface area (Å²) >= 11 is 0. The highest BCUT2D eigenvalue weighted by Gasteiger charge is 2.34. The van der Waals surface area contributed by atoms with Gasteiger partial charge in [0.05, 0.1) is 18.9 Å². The van der Waals surface area contributed by atoms with Crippen molar-refractivity contribution >= 4 is 5.71 Å². The first-order valence-corrected chi connectivity index (χ1v) is 5.77. The SMILES string of the molecule is C[C@H](C1OCCCO1)[C@@H]1CCCC1=NO. The Morgan fingerprint density at radius 3 is 2.73 bits per heavy atom. The Bertz CT molecular complexity index is 236. The van der Waals surface area contributed by atoms with E-state index in [1.807, 2.05) is 0 Å². The minimum Gasteiger partial charge on any atom is -0.411 e. The molecule has 0 amide bonds. The Balaban J connectivity index is 1.96. The smallest absolute Gasteiger partial charge is 0.160 e. The molecule has 0 bridgehead atoms. The molecule has 1 aliphatic heterocycles. The minimum absolute atomic E-state index is 0.112. The van der Waals surface area contributed by atoms with Gasteiger partial charge in [-0.15, -0.1) is 0 Å². The third-order valence-electron chi connectivity index (χ3n) is 3.42. The lowest BCUT2D eigenvalue weighted by Gasteiger charge is -2.31. The van der Waals surface area contributed by atoms with E-state index in [2.05, 4.69) is 12.1 Å². The van der Waals surface area contributed by atoms with Crippen molar-refractivity contribution in [3.05, 3.63) is 0 Å². The third-order valence-corrected chi connectivity index (χ3v) is 3.42. The molecule has 0 aromatic carbocycles. The van der Waals surface area contributed by atoms with Crippen LogP contribution in [0.3, 0.4) is 0 Å². The van der Waals surface area contributed by atoms with Crippen molar-refractivity contribution in [2.24, 2.45) is 17.0 Å². The summed E-state index contributed by atoms with van der Waals surface area (Å²) in [6.07, 6.45) is 3.98. The first kappa shape index (κ1) is 10.9. The molecule has 2 aliphatic rings. The van der Waals surface area contributed by atoms with E-state index in [9.17, 15) is 0 Å². The molecule has 1 saturated carbocycles. The summed E-state index contributed by atoms with van der Waals surface area (Å²) in [6, 6.07) is 0. The second kappa shape index (κ2) is 4.94. The molecule has 1 heterocycles. The summed E-state index contributed by atoms with van der Waals surface area (Å²) in [7, 11) is 0. The molecule has 4 heteroatoms. The van der Waals surface area contributed by atoms with Crippen molar-refractivity contribution in [1.29, 1.82) is 0 Å². The van der Waals surface area contributed by atoms with Crippen LogP contribution < -0.4 is 0 Å². The maximum Gasteiger partial charge on any atom is 0.160 e. The van der Waals surface area contributed by atoms with Gasteiger partial charge in [-0.05, 0) is 25.7 Å². The van der Waals surface area contributed by atoms with Crippen molar-refractivity contribution in [3.8, 4) is 0 Å². The predicted octanol–water partition coefficient (Wildman–Crippen LogP) is 2.02. The van der Waals surface area contributed by atoms with Gasteiger partial charge in [-0.1, -0.05) is 12.1 Å². The van der Waals surface area contributed by atoms with E-state index in [-0.39, 0.29) is 6.29 Å². The predicted molar refractivity (Wildman–Crippen MR) is 56.0 cm³/mol. The van der Waals surface area contributed by atoms with Crippen LogP contribution in [0.5, 0.6) is 0 Å². The summed E-state index contributed by atoms with van der Waals surface area (Å²) in [5.41, 5.74) is 0.917. The molecule has 4 nitrogen and oxygen atoms in total. The van der Waals surface area contributed by atoms with Gasteiger partial charge in [0.25, 0.3) is 0 Å². The summed E-state index contributed by atoms with van der Waals surface area (Å²) < 4.78 is 11.2. The Labute approximate surface area is 90.2 Å². The Morgan fingerprint density at radius 1 is 1.33 bits per heavy atom. The molecule has 0 radical (unpaired) electrons. The van der Waals surface area contributed by atoms with E-state index in [4.69, 9.17) is 14.7 Å². The topological polar surface area (TPSA) is 51.0 Å². The second-order valence-corrected chi connectivity index (χ2v) is 4.41. The number of oxime groups is 1. The molecule has 1 N–H and O–H groups in total. The highest BCUT2D eigenvalue weighted by molar-refractivity contribution is 5.88. The van der Waals surface area contributed by atoms with Crippen LogP contribution in [-0.2, 0) is 9.47 Å². The quantitative estimate of drug-likeness (QED) is 0.564. The molecule has 2 rings (SSSR count). The van der Waals surface area contributed by atoms with Crippen LogP contribution in [-0.4, -0.2) is 30.4 Å². The van der Waals surface area contributed by atoms with Crippen LogP contribution >= 0.6 is 0 Å². The lowest BCUT2D eigenvalue weighted by atomic mass is 9.90. The van der Waals surface area contributed by atoms with Crippen LogP contribution in [0, 0.1) is 11.8 Å². The van der Waals surface area contributed by atoms with Gasteiger partial charge in [0.15, 0.2) is 6.29 Å². The third kappa shape index (κ3) is 2.32. The molecule has 1 saturated heterocycles. The molecule has 86 valence electrons. The molecule has 0 aromatic rings. The second-order valence-electron chi connectivity index (χ2n) is 4.41. The fraction of sp³-hybridized carbons (Fsp3) is 0.909. The van der Waals surface area contributed by atoms with Crippen LogP contribution in [0.1, 0.15) is 32.6 Å². The van der Waals surface area contributed by atoms with Gasteiger partial charge < -0.3 is 14.7 Å². The van der Waals surface area contributed by atoms with E-state index < -0.39 is 0 Å². The standard InChI is InChI=1S/C11H19NO3/c1-8(11-14-6-3-7-15-11)9-4-2-5-10(9)12-13/h8-9,11,13H,2-7H2,1H3/t8-,9-/m0/s1. The van der Waals surface area contributed by atoms with E-state index in [0.29, 0.717) is 11.8 Å². The zero-order chi connectivity index (χ0) is 10.7. The number of hydrogen-bond donors (Lipinski definition) is 1. The van der Waals surface area contributed by atoms with Crippen molar-refractivity contribution in [2.75, 3.05) is 13.2 Å². The van der Waals surface area contributed by atoms with Crippen LogP contribution in [0.4, 0.5) is 0 Å². The molecule has 2 fully saturated rings. The number of ether oxygens (including phenoxy) is 2. The lowest BCUT2D eigenvalue weighted by molar-refractivity contribution is -0.206. The molecule has 0 unspecified atom stereocenters. The fourth-order valence-electron chi connectivity index (χ4n) is 2.54. The monoisotopic (exact) mass is 213 g/mol. The molecule has 0 aromatic heterocycles. The molecule has 1 aliphatic carbocycles. The molecule has 2 atom stereocenters. The van der Waals surface area contributed by atoms with Gasteiger partial charge in [-0.3, -0.25) is 0 Å². The van der Waals surface area contributed by atoms with Crippen LogP contribution in [0.15, 0.2) is 5.16 Å². The van der Waals surface area contributed by atoms with Crippen molar-refractivity contribution in [3.63, 3.8) is 0 Å². The van der Waals surface area contributed by atoms with Gasteiger partial charge in [0.1, 0.15) is 0 Å². The Morgan fingerprint density at radius 2 is 2.07 bits per heavy atom.